The van der Waals surface area contributed by atoms with Gasteiger partial charge in [-0.3, -0.25) is 0 Å². The molecule has 0 unspecified atom stereocenters. The molecular formula is C22H22N4O2S. The molecule has 4 heterocycles. The summed E-state index contributed by atoms with van der Waals surface area (Å²) in [5, 5.41) is 13.5. The van der Waals surface area contributed by atoms with Gasteiger partial charge in [0.1, 0.15) is 17.0 Å². The smallest absolute Gasteiger partial charge is 0.147 e. The summed E-state index contributed by atoms with van der Waals surface area (Å²) in [6.07, 6.45) is 2.38. The molecule has 0 spiro atoms. The summed E-state index contributed by atoms with van der Waals surface area (Å²) < 4.78 is 7.13. The largest absolute Gasteiger partial charge is 0.395 e. The molecule has 1 aliphatic rings. The molecule has 1 aromatic carbocycles. The van der Waals surface area contributed by atoms with E-state index in [0.717, 1.165) is 49.5 Å². The van der Waals surface area contributed by atoms with Gasteiger partial charge in [0.05, 0.1) is 34.7 Å². The maximum atomic E-state index is 9.19. The molecule has 0 aliphatic carbocycles. The summed E-state index contributed by atoms with van der Waals surface area (Å²) in [4.78, 5) is 15.0. The number of aliphatic hydroxyl groups excluding tert-OH is 1. The zero-order valence-corrected chi connectivity index (χ0v) is 17.2. The molecule has 0 bridgehead atoms. The number of hydrogen-bond donors (Lipinski definition) is 2. The van der Waals surface area contributed by atoms with Gasteiger partial charge in [0.15, 0.2) is 0 Å². The van der Waals surface area contributed by atoms with Gasteiger partial charge in [-0.15, -0.1) is 11.3 Å². The predicted molar refractivity (Wildman–Crippen MR) is 116 cm³/mol. The van der Waals surface area contributed by atoms with Crippen LogP contribution in [0.15, 0.2) is 36.7 Å². The highest BCUT2D eigenvalue weighted by Gasteiger charge is 2.32. The van der Waals surface area contributed by atoms with Crippen molar-refractivity contribution in [3.05, 3.63) is 47.8 Å². The average Bonchev–Trinajstić information content (AvgIpc) is 3.11. The Bertz CT molecular complexity index is 1200. The lowest BCUT2D eigenvalue weighted by atomic mass is 9.88. The average molecular weight is 407 g/mol. The van der Waals surface area contributed by atoms with E-state index in [1.165, 1.54) is 5.56 Å². The quantitative estimate of drug-likeness (QED) is 0.530. The van der Waals surface area contributed by atoms with E-state index < -0.39 is 0 Å². The van der Waals surface area contributed by atoms with Gasteiger partial charge in [-0.05, 0) is 19.4 Å². The molecule has 1 aliphatic heterocycles. The molecule has 5 rings (SSSR count). The number of anilines is 1. The number of ether oxygens (including phenoxy) is 1. The number of nitrogens with one attached hydrogen (secondary N) is 1. The molecule has 6 nitrogen and oxygen atoms in total. The minimum absolute atomic E-state index is 0.0493. The van der Waals surface area contributed by atoms with Crippen LogP contribution in [-0.4, -0.2) is 38.8 Å². The lowest BCUT2D eigenvalue weighted by molar-refractivity contribution is -0.0394. The summed E-state index contributed by atoms with van der Waals surface area (Å²) in [7, 11) is 0. The molecule has 0 radical (unpaired) electrons. The number of hydrogen-bond acceptors (Lipinski definition) is 7. The van der Waals surface area contributed by atoms with Gasteiger partial charge in [-0.25, -0.2) is 15.0 Å². The molecule has 4 aromatic rings. The van der Waals surface area contributed by atoms with Crippen molar-refractivity contribution >= 4 is 37.6 Å². The van der Waals surface area contributed by atoms with Crippen LogP contribution in [0.5, 0.6) is 0 Å². The highest BCUT2D eigenvalue weighted by molar-refractivity contribution is 7.26. The van der Waals surface area contributed by atoms with E-state index in [0.29, 0.717) is 13.2 Å². The van der Waals surface area contributed by atoms with Gasteiger partial charge in [-0.1, -0.05) is 30.3 Å². The van der Waals surface area contributed by atoms with Gasteiger partial charge in [0.25, 0.3) is 0 Å². The molecule has 0 saturated carbocycles. The first-order chi connectivity index (χ1) is 14.1. The molecule has 0 atom stereocenters. The second-order valence-electron chi connectivity index (χ2n) is 7.84. The van der Waals surface area contributed by atoms with E-state index in [4.69, 9.17) is 9.72 Å². The normalized spacial score (nSPS) is 15.6. The zero-order chi connectivity index (χ0) is 20.0. The number of rotatable bonds is 4. The lowest BCUT2D eigenvalue weighted by Gasteiger charge is -2.33. The molecule has 2 N–H and O–H groups in total. The number of nitrogens with zero attached hydrogens (tertiary/aromatic N) is 3. The van der Waals surface area contributed by atoms with Crippen LogP contribution in [0.1, 0.15) is 25.0 Å². The van der Waals surface area contributed by atoms with Crippen LogP contribution in [0.4, 0.5) is 5.82 Å². The highest BCUT2D eigenvalue weighted by atomic mass is 32.1. The molecule has 0 amide bonds. The molecule has 7 heteroatoms. The summed E-state index contributed by atoms with van der Waals surface area (Å²) in [6.45, 7) is 5.29. The van der Waals surface area contributed by atoms with Crippen molar-refractivity contribution in [3.63, 3.8) is 0 Å². The van der Waals surface area contributed by atoms with Crippen molar-refractivity contribution < 1.29 is 9.84 Å². The Morgan fingerprint density at radius 2 is 2.00 bits per heavy atom. The molecule has 0 fully saturated rings. The van der Waals surface area contributed by atoms with E-state index in [1.54, 1.807) is 17.7 Å². The third kappa shape index (κ3) is 3.15. The summed E-state index contributed by atoms with van der Waals surface area (Å²) in [6, 6.07) is 10.3. The van der Waals surface area contributed by atoms with Gasteiger partial charge in [0.2, 0.25) is 0 Å². The maximum Gasteiger partial charge on any atom is 0.147 e. The van der Waals surface area contributed by atoms with Crippen molar-refractivity contribution in [2.24, 2.45) is 0 Å². The highest BCUT2D eigenvalue weighted by Crippen LogP contribution is 2.43. The molecule has 0 saturated heterocycles. The van der Waals surface area contributed by atoms with Crippen LogP contribution < -0.4 is 5.32 Å². The molecule has 29 heavy (non-hydrogen) atoms. The fourth-order valence-electron chi connectivity index (χ4n) is 3.94. The fourth-order valence-corrected chi connectivity index (χ4v) is 5.07. The number of fused-ring (bicyclic) bond motifs is 5. The second kappa shape index (κ2) is 7.02. The van der Waals surface area contributed by atoms with Crippen molar-refractivity contribution in [2.75, 3.05) is 18.5 Å². The SMILES string of the molecule is CC1(C)Cc2c(c(-c3ccccc3)nc3sc4c(NCCO)ncnc4c23)CO1. The zero-order valence-electron chi connectivity index (χ0n) is 16.4. The second-order valence-corrected chi connectivity index (χ2v) is 8.84. The lowest BCUT2D eigenvalue weighted by Crippen LogP contribution is -2.32. The van der Waals surface area contributed by atoms with Crippen molar-refractivity contribution in [2.45, 2.75) is 32.5 Å². The third-order valence-electron chi connectivity index (χ3n) is 5.28. The van der Waals surface area contributed by atoms with E-state index in [2.05, 4.69) is 41.3 Å². The summed E-state index contributed by atoms with van der Waals surface area (Å²) >= 11 is 1.60. The van der Waals surface area contributed by atoms with E-state index >= 15 is 0 Å². The minimum atomic E-state index is -0.242. The van der Waals surface area contributed by atoms with E-state index in [-0.39, 0.29) is 12.2 Å². The summed E-state index contributed by atoms with van der Waals surface area (Å²) in [5.74, 6) is 0.744. The minimum Gasteiger partial charge on any atom is -0.395 e. The van der Waals surface area contributed by atoms with Gasteiger partial charge >= 0.3 is 0 Å². The Morgan fingerprint density at radius 3 is 2.79 bits per heavy atom. The van der Waals surface area contributed by atoms with Crippen LogP contribution in [-0.2, 0) is 17.8 Å². The standard InChI is InChI=1S/C22H22N4O2S/c1-22(2)10-14-15(11-28-22)17(13-6-4-3-5-7-13)26-21-16(14)18-19(29-21)20(23-8-9-27)25-12-24-18/h3-7,12,27H,8-11H2,1-2H3,(H,23,24,25). The van der Waals surface area contributed by atoms with Gasteiger partial charge in [-0.2, -0.15) is 0 Å². The van der Waals surface area contributed by atoms with Crippen LogP contribution in [0.25, 0.3) is 31.7 Å². The van der Waals surface area contributed by atoms with Gasteiger partial charge < -0.3 is 15.2 Å². The van der Waals surface area contributed by atoms with E-state index in [9.17, 15) is 5.11 Å². The first-order valence-corrected chi connectivity index (χ1v) is 10.5. The first kappa shape index (κ1) is 18.4. The third-order valence-corrected chi connectivity index (χ3v) is 6.36. The van der Waals surface area contributed by atoms with E-state index in [1.807, 2.05) is 18.2 Å². The Balaban J connectivity index is 1.83. The Labute approximate surface area is 172 Å². The van der Waals surface area contributed by atoms with Crippen LogP contribution in [0, 0.1) is 0 Å². The van der Waals surface area contributed by atoms with Crippen molar-refractivity contribution in [1.29, 1.82) is 0 Å². The predicted octanol–water partition coefficient (Wildman–Crippen LogP) is 4.16. The van der Waals surface area contributed by atoms with Crippen molar-refractivity contribution in [1.82, 2.24) is 15.0 Å². The Kier molecular flexibility index (Phi) is 4.46. The van der Waals surface area contributed by atoms with Crippen LogP contribution in [0.3, 0.4) is 0 Å². The topological polar surface area (TPSA) is 80.2 Å². The monoisotopic (exact) mass is 406 g/mol. The Hall–Kier alpha value is -2.61. The summed E-state index contributed by atoms with van der Waals surface area (Å²) in [5.41, 5.74) is 5.16. The number of pyridine rings is 1. The molecular weight excluding hydrogens is 384 g/mol. The maximum absolute atomic E-state index is 9.19. The van der Waals surface area contributed by atoms with Crippen LogP contribution in [0.2, 0.25) is 0 Å². The number of thiophene rings is 1. The number of aromatic nitrogens is 3. The van der Waals surface area contributed by atoms with Crippen LogP contribution >= 0.6 is 11.3 Å². The Morgan fingerprint density at radius 1 is 1.17 bits per heavy atom. The van der Waals surface area contributed by atoms with Gasteiger partial charge in [0, 0.05) is 29.5 Å². The number of benzene rings is 1. The number of aliphatic hydroxyl groups is 1. The molecule has 148 valence electrons. The van der Waals surface area contributed by atoms with Crippen molar-refractivity contribution in [3.8, 4) is 11.3 Å². The fraction of sp³-hybridized carbons (Fsp3) is 0.318. The molecule has 3 aromatic heterocycles. The first-order valence-electron chi connectivity index (χ1n) is 9.70.